The topological polar surface area (TPSA) is 45.2 Å². The predicted octanol–water partition coefficient (Wildman–Crippen LogP) is 6.13. The van der Waals surface area contributed by atoms with Gasteiger partial charge in [0.25, 0.3) is 0 Å². The Kier molecular flexibility index (Phi) is 6.77. The molecule has 2 aliphatic carbocycles. The summed E-state index contributed by atoms with van der Waals surface area (Å²) in [5, 5.41) is 4.01. The molecule has 4 aliphatic rings. The number of carbonyl (C=O) groups excluding carboxylic acids is 1. The number of halogens is 3. The van der Waals surface area contributed by atoms with Crippen molar-refractivity contribution >= 4 is 17.5 Å². The lowest BCUT2D eigenvalue weighted by Crippen LogP contribution is -2.56. The number of hydrogen-bond acceptors (Lipinski definition) is 3. The number of piperidine rings is 1. The Hall–Kier alpha value is -2.05. The number of alkyl halides is 2. The van der Waals surface area contributed by atoms with Crippen LogP contribution in [0.2, 0.25) is 5.15 Å². The molecule has 37 heavy (non-hydrogen) atoms. The van der Waals surface area contributed by atoms with E-state index in [4.69, 9.17) is 11.6 Å². The van der Waals surface area contributed by atoms with Gasteiger partial charge >= 0.3 is 0 Å². The van der Waals surface area contributed by atoms with Gasteiger partial charge in [0.1, 0.15) is 5.15 Å². The molecule has 2 aliphatic heterocycles. The Morgan fingerprint density at radius 2 is 1.92 bits per heavy atom. The molecule has 3 fully saturated rings. The number of likely N-dealkylation sites (tertiary alicyclic amines) is 1. The van der Waals surface area contributed by atoms with E-state index in [0.717, 1.165) is 56.3 Å². The summed E-state index contributed by atoms with van der Waals surface area (Å²) >= 11 is 6.22. The zero-order chi connectivity index (χ0) is 25.6. The van der Waals surface area contributed by atoms with Crippen LogP contribution in [0.4, 0.5) is 8.78 Å². The first-order valence-electron chi connectivity index (χ1n) is 14.0. The van der Waals surface area contributed by atoms with E-state index < -0.39 is 5.92 Å². The number of aryl methyl sites for hydroxylation is 1. The minimum atomic E-state index is -2.64. The van der Waals surface area contributed by atoms with Crippen molar-refractivity contribution in [1.82, 2.24) is 15.2 Å². The number of benzene rings is 1. The maximum atomic E-state index is 14.6. The average molecular weight is 528 g/mol. The minimum Gasteiger partial charge on any atom is -0.339 e. The second-order valence-corrected chi connectivity index (χ2v) is 12.2. The predicted molar refractivity (Wildman–Crippen MR) is 141 cm³/mol. The highest BCUT2D eigenvalue weighted by molar-refractivity contribution is 6.29. The lowest BCUT2D eigenvalue weighted by atomic mass is 9.64. The summed E-state index contributed by atoms with van der Waals surface area (Å²) < 4.78 is 29.2. The number of rotatable bonds is 3. The molecule has 198 valence electrons. The van der Waals surface area contributed by atoms with Gasteiger partial charge in [0.2, 0.25) is 11.8 Å². The molecule has 1 saturated carbocycles. The molecule has 1 spiro atoms. The highest BCUT2D eigenvalue weighted by atomic mass is 35.5. The van der Waals surface area contributed by atoms with Crippen LogP contribution in [0.25, 0.3) is 0 Å². The van der Waals surface area contributed by atoms with Crippen molar-refractivity contribution in [1.29, 1.82) is 0 Å². The number of carbonyl (C=O) groups is 1. The van der Waals surface area contributed by atoms with Crippen molar-refractivity contribution in [3.05, 3.63) is 64.4 Å². The second kappa shape index (κ2) is 9.92. The van der Waals surface area contributed by atoms with E-state index in [1.54, 1.807) is 0 Å². The molecule has 2 unspecified atom stereocenters. The first-order valence-corrected chi connectivity index (χ1v) is 14.3. The van der Waals surface area contributed by atoms with Gasteiger partial charge in [0, 0.05) is 49.6 Å². The van der Waals surface area contributed by atoms with Gasteiger partial charge in [0.05, 0.1) is 5.92 Å². The van der Waals surface area contributed by atoms with Crippen molar-refractivity contribution in [3.8, 4) is 0 Å². The van der Waals surface area contributed by atoms with E-state index in [-0.39, 0.29) is 42.0 Å². The van der Waals surface area contributed by atoms with Crippen LogP contribution in [0.1, 0.15) is 74.1 Å². The highest BCUT2D eigenvalue weighted by Gasteiger charge is 2.53. The Balaban J connectivity index is 1.32. The Bertz CT molecular complexity index is 1140. The van der Waals surface area contributed by atoms with Gasteiger partial charge in [-0.05, 0) is 74.0 Å². The summed E-state index contributed by atoms with van der Waals surface area (Å²) in [5.41, 5.74) is 3.10. The lowest BCUT2D eigenvalue weighted by Gasteiger charge is -2.48. The molecule has 2 saturated heterocycles. The standard InChI is InChI=1S/C30H36ClF2N3O/c31-27-11-10-23-25(35-27)9-5-13-29(23)19-34-18-24(29)28(37)36-15-12-21(20-6-2-1-3-7-20)16-26(36)22-8-4-14-30(32,33)17-22/h1-3,6-7,10-11,21-22,24,26,34H,4-5,8-9,12-19H2/t21-,22?,24+,26?,29+/m1/s1. The van der Waals surface area contributed by atoms with Gasteiger partial charge in [0.15, 0.2) is 0 Å². The number of amides is 1. The maximum Gasteiger partial charge on any atom is 0.248 e. The molecule has 3 heterocycles. The van der Waals surface area contributed by atoms with Gasteiger partial charge in [-0.25, -0.2) is 13.8 Å². The minimum absolute atomic E-state index is 0.0335. The fraction of sp³-hybridized carbons (Fsp3) is 0.600. The van der Waals surface area contributed by atoms with Gasteiger partial charge in [-0.2, -0.15) is 0 Å². The summed E-state index contributed by atoms with van der Waals surface area (Å²) in [5.74, 6) is -2.58. The largest absolute Gasteiger partial charge is 0.339 e. The lowest BCUT2D eigenvalue weighted by molar-refractivity contribution is -0.145. The smallest absolute Gasteiger partial charge is 0.248 e. The van der Waals surface area contributed by atoms with Gasteiger partial charge in [-0.1, -0.05) is 48.0 Å². The van der Waals surface area contributed by atoms with Crippen LogP contribution in [0, 0.1) is 11.8 Å². The third-order valence-electron chi connectivity index (χ3n) is 9.69. The average Bonchev–Trinajstić information content (AvgIpc) is 3.31. The Labute approximate surface area is 223 Å². The van der Waals surface area contributed by atoms with E-state index in [2.05, 4.69) is 28.5 Å². The molecule has 1 amide bonds. The third kappa shape index (κ3) is 4.69. The zero-order valence-electron chi connectivity index (χ0n) is 21.3. The molecule has 5 atom stereocenters. The SMILES string of the molecule is O=C([C@@H]1CNC[C@]12CCCc1nc(Cl)ccc12)N1CC[C@@H](c2ccccc2)CC1C1CCCC(F)(F)C1. The molecule has 1 aromatic carbocycles. The van der Waals surface area contributed by atoms with Crippen molar-refractivity contribution in [2.24, 2.45) is 11.8 Å². The Morgan fingerprint density at radius 3 is 2.73 bits per heavy atom. The third-order valence-corrected chi connectivity index (χ3v) is 9.90. The molecule has 7 heteroatoms. The number of hydrogen-bond donors (Lipinski definition) is 1. The molecule has 6 rings (SSSR count). The number of aromatic nitrogens is 1. The second-order valence-electron chi connectivity index (χ2n) is 11.8. The summed E-state index contributed by atoms with van der Waals surface area (Å²) in [4.78, 5) is 21.1. The van der Waals surface area contributed by atoms with E-state index in [1.165, 1.54) is 5.56 Å². The van der Waals surface area contributed by atoms with Crippen LogP contribution in [-0.2, 0) is 16.6 Å². The quantitative estimate of drug-likeness (QED) is 0.488. The Morgan fingerprint density at radius 1 is 1.08 bits per heavy atom. The van der Waals surface area contributed by atoms with Crippen molar-refractivity contribution in [3.63, 3.8) is 0 Å². The summed E-state index contributed by atoms with van der Waals surface area (Å²) in [6.07, 6.45) is 5.57. The zero-order valence-corrected chi connectivity index (χ0v) is 22.0. The normalized spacial score (nSPS) is 33.3. The van der Waals surface area contributed by atoms with Crippen LogP contribution in [0.5, 0.6) is 0 Å². The first-order chi connectivity index (χ1) is 17.9. The van der Waals surface area contributed by atoms with Crippen LogP contribution in [0.3, 0.4) is 0 Å². The van der Waals surface area contributed by atoms with Crippen LogP contribution >= 0.6 is 11.6 Å². The summed E-state index contributed by atoms with van der Waals surface area (Å²) in [6.45, 7) is 1.99. The van der Waals surface area contributed by atoms with Crippen molar-refractivity contribution < 1.29 is 13.6 Å². The monoisotopic (exact) mass is 527 g/mol. The molecule has 1 aromatic heterocycles. The molecule has 2 aromatic rings. The summed E-state index contributed by atoms with van der Waals surface area (Å²) in [6, 6.07) is 14.1. The number of pyridine rings is 1. The van der Waals surface area contributed by atoms with Crippen LogP contribution in [0.15, 0.2) is 42.5 Å². The molecular weight excluding hydrogens is 492 g/mol. The highest BCUT2D eigenvalue weighted by Crippen LogP contribution is 2.48. The first kappa shape index (κ1) is 25.2. The van der Waals surface area contributed by atoms with Crippen LogP contribution < -0.4 is 5.32 Å². The number of nitrogens with zero attached hydrogens (tertiary/aromatic N) is 2. The van der Waals surface area contributed by atoms with Crippen LogP contribution in [-0.4, -0.2) is 47.4 Å². The molecule has 0 bridgehead atoms. The van der Waals surface area contributed by atoms with E-state index in [0.29, 0.717) is 30.6 Å². The van der Waals surface area contributed by atoms with E-state index in [1.807, 2.05) is 29.2 Å². The molecule has 0 radical (unpaired) electrons. The number of nitrogens with one attached hydrogen (secondary N) is 1. The molecular formula is C30H36ClF2N3O. The van der Waals surface area contributed by atoms with Gasteiger partial charge < -0.3 is 10.2 Å². The van der Waals surface area contributed by atoms with Crippen molar-refractivity contribution in [2.75, 3.05) is 19.6 Å². The van der Waals surface area contributed by atoms with Gasteiger partial charge in [-0.15, -0.1) is 0 Å². The van der Waals surface area contributed by atoms with Gasteiger partial charge in [-0.3, -0.25) is 4.79 Å². The molecule has 1 N–H and O–H groups in total. The molecule has 4 nitrogen and oxygen atoms in total. The fourth-order valence-electron chi connectivity index (χ4n) is 7.94. The maximum absolute atomic E-state index is 14.6. The fourth-order valence-corrected chi connectivity index (χ4v) is 8.10. The van der Waals surface area contributed by atoms with Crippen molar-refractivity contribution in [2.45, 2.75) is 81.1 Å². The summed E-state index contributed by atoms with van der Waals surface area (Å²) in [7, 11) is 0. The van der Waals surface area contributed by atoms with E-state index in [9.17, 15) is 13.6 Å². The van der Waals surface area contributed by atoms with E-state index >= 15 is 0 Å². The number of fused-ring (bicyclic) bond motifs is 2.